The van der Waals surface area contributed by atoms with Gasteiger partial charge in [-0.3, -0.25) is 4.79 Å². The van der Waals surface area contributed by atoms with Crippen LogP contribution in [-0.4, -0.2) is 43.7 Å². The van der Waals surface area contributed by atoms with Crippen LogP contribution in [0.3, 0.4) is 0 Å². The lowest BCUT2D eigenvalue weighted by Gasteiger charge is -2.10. The summed E-state index contributed by atoms with van der Waals surface area (Å²) in [5.41, 5.74) is 2.91. The molecule has 1 saturated heterocycles. The molecule has 0 bridgehead atoms. The number of carbonyl (C=O) groups is 1. The van der Waals surface area contributed by atoms with Gasteiger partial charge >= 0.3 is 0 Å². The van der Waals surface area contributed by atoms with E-state index in [-0.39, 0.29) is 10.8 Å². The fourth-order valence-electron chi connectivity index (χ4n) is 2.94. The normalized spacial score (nSPS) is 22.5. The van der Waals surface area contributed by atoms with Crippen molar-refractivity contribution in [3.05, 3.63) is 65.2 Å². The molecular formula is C19H22N2O3S. The maximum atomic E-state index is 13.0. The number of rotatable bonds is 4. The van der Waals surface area contributed by atoms with Crippen LogP contribution in [0.15, 0.2) is 53.4 Å². The summed E-state index contributed by atoms with van der Waals surface area (Å²) in [6.45, 7) is 3.88. The molecule has 0 radical (unpaired) electrons. The first-order chi connectivity index (χ1) is 11.7. The van der Waals surface area contributed by atoms with Crippen molar-refractivity contribution in [2.45, 2.75) is 30.8 Å². The summed E-state index contributed by atoms with van der Waals surface area (Å²) >= 11 is 0. The second-order valence-electron chi connectivity index (χ2n) is 6.68. The lowest BCUT2D eigenvalue weighted by molar-refractivity contribution is -0.128. The highest BCUT2D eigenvalue weighted by Gasteiger charge is 2.60. The average Bonchev–Trinajstić information content (AvgIpc) is 3.31. The standard InChI is InChI=1S/C19H22N2O3S/c1-13-5-9-15(10-6-13)17-18(19(22)20(3)4)21(17)25(23,24)16-11-7-14(2)8-12-16/h5-12,17-18H,1-4H3. The van der Waals surface area contributed by atoms with Crippen LogP contribution >= 0.6 is 0 Å². The maximum absolute atomic E-state index is 13.0. The van der Waals surface area contributed by atoms with Gasteiger partial charge in [-0.15, -0.1) is 0 Å². The minimum atomic E-state index is -3.73. The lowest BCUT2D eigenvalue weighted by Crippen LogP contribution is -2.30. The minimum absolute atomic E-state index is 0.207. The minimum Gasteiger partial charge on any atom is -0.347 e. The molecule has 0 N–H and O–H groups in total. The first kappa shape index (κ1) is 17.6. The Bertz CT molecular complexity index is 887. The van der Waals surface area contributed by atoms with E-state index in [4.69, 9.17) is 0 Å². The molecule has 5 nitrogen and oxygen atoms in total. The molecule has 132 valence electrons. The van der Waals surface area contributed by atoms with Crippen molar-refractivity contribution in [3.8, 4) is 0 Å². The van der Waals surface area contributed by atoms with Crippen LogP contribution in [-0.2, 0) is 14.8 Å². The molecule has 3 atom stereocenters. The summed E-state index contributed by atoms with van der Waals surface area (Å²) in [6, 6.07) is 13.2. The Morgan fingerprint density at radius 1 is 0.920 bits per heavy atom. The number of amides is 1. The Hall–Kier alpha value is -2.18. The number of benzene rings is 2. The van der Waals surface area contributed by atoms with Gasteiger partial charge in [0, 0.05) is 14.1 Å². The molecule has 3 rings (SSSR count). The zero-order chi connectivity index (χ0) is 18.4. The molecule has 0 aromatic heterocycles. The van der Waals surface area contributed by atoms with Gasteiger partial charge < -0.3 is 4.90 Å². The largest absolute Gasteiger partial charge is 0.347 e. The van der Waals surface area contributed by atoms with E-state index in [1.165, 1.54) is 9.21 Å². The van der Waals surface area contributed by atoms with Gasteiger partial charge in [0.1, 0.15) is 6.04 Å². The Kier molecular flexibility index (Phi) is 4.43. The van der Waals surface area contributed by atoms with Crippen molar-refractivity contribution < 1.29 is 13.2 Å². The van der Waals surface area contributed by atoms with Crippen LogP contribution in [0.5, 0.6) is 0 Å². The smallest absolute Gasteiger partial charge is 0.244 e. The molecule has 2 aromatic carbocycles. The van der Waals surface area contributed by atoms with Crippen molar-refractivity contribution in [1.82, 2.24) is 9.21 Å². The summed E-state index contributed by atoms with van der Waals surface area (Å²) in [5, 5.41) is 0. The van der Waals surface area contributed by atoms with E-state index in [1.807, 2.05) is 38.1 Å². The molecule has 25 heavy (non-hydrogen) atoms. The van der Waals surface area contributed by atoms with E-state index in [1.54, 1.807) is 38.4 Å². The van der Waals surface area contributed by atoms with Gasteiger partial charge in [0.2, 0.25) is 15.9 Å². The van der Waals surface area contributed by atoms with E-state index in [2.05, 4.69) is 0 Å². The molecule has 1 amide bonds. The predicted octanol–water partition coefficient (Wildman–Crippen LogP) is 2.51. The van der Waals surface area contributed by atoms with Crippen molar-refractivity contribution >= 4 is 15.9 Å². The highest BCUT2D eigenvalue weighted by atomic mass is 32.2. The Morgan fingerprint density at radius 3 is 1.88 bits per heavy atom. The molecule has 1 heterocycles. The summed E-state index contributed by atoms with van der Waals surface area (Å²) in [7, 11) is -0.447. The molecule has 0 aliphatic carbocycles. The van der Waals surface area contributed by atoms with Gasteiger partial charge in [0.05, 0.1) is 10.9 Å². The fraction of sp³-hybridized carbons (Fsp3) is 0.316. The monoisotopic (exact) mass is 358 g/mol. The SMILES string of the molecule is Cc1ccc(C2C(C(=O)N(C)C)N2S(=O)(=O)c2ccc(C)cc2)cc1. The number of sulfonamides is 1. The third kappa shape index (κ3) is 3.19. The highest BCUT2D eigenvalue weighted by molar-refractivity contribution is 7.89. The summed E-state index contributed by atoms with van der Waals surface area (Å²) in [5.74, 6) is -0.207. The van der Waals surface area contributed by atoms with E-state index in [0.29, 0.717) is 0 Å². The molecule has 0 saturated carbocycles. The zero-order valence-electron chi connectivity index (χ0n) is 14.8. The molecule has 1 aliphatic rings. The second-order valence-corrected chi connectivity index (χ2v) is 8.52. The second kappa shape index (κ2) is 6.28. The predicted molar refractivity (Wildman–Crippen MR) is 96.6 cm³/mol. The molecule has 0 spiro atoms. The number of likely N-dealkylation sites (N-methyl/N-ethyl adjacent to an activating group) is 1. The fourth-order valence-corrected chi connectivity index (χ4v) is 4.65. The van der Waals surface area contributed by atoms with Crippen molar-refractivity contribution in [2.24, 2.45) is 0 Å². The van der Waals surface area contributed by atoms with Crippen LogP contribution in [0.2, 0.25) is 0 Å². The first-order valence-electron chi connectivity index (χ1n) is 8.11. The van der Waals surface area contributed by atoms with Crippen LogP contribution < -0.4 is 0 Å². The van der Waals surface area contributed by atoms with Crippen molar-refractivity contribution in [2.75, 3.05) is 14.1 Å². The van der Waals surface area contributed by atoms with E-state index in [0.717, 1.165) is 16.7 Å². The van der Waals surface area contributed by atoms with E-state index >= 15 is 0 Å². The topological polar surface area (TPSA) is 57.5 Å². The van der Waals surface area contributed by atoms with Crippen LogP contribution in [0.1, 0.15) is 22.7 Å². The summed E-state index contributed by atoms with van der Waals surface area (Å²) in [4.78, 5) is 14.2. The van der Waals surface area contributed by atoms with Gasteiger partial charge in [0.25, 0.3) is 0 Å². The Morgan fingerprint density at radius 2 is 1.40 bits per heavy atom. The molecule has 6 heteroatoms. The van der Waals surface area contributed by atoms with Crippen LogP contribution in [0, 0.1) is 13.8 Å². The van der Waals surface area contributed by atoms with Gasteiger partial charge in [-0.1, -0.05) is 47.5 Å². The molecule has 2 aromatic rings. The molecule has 1 aliphatic heterocycles. The number of hydrogen-bond donors (Lipinski definition) is 0. The number of aryl methyl sites for hydroxylation is 2. The summed E-state index contributed by atoms with van der Waals surface area (Å²) < 4.78 is 27.4. The van der Waals surface area contributed by atoms with E-state index < -0.39 is 22.1 Å². The van der Waals surface area contributed by atoms with Gasteiger partial charge in [-0.25, -0.2) is 8.42 Å². The van der Waals surface area contributed by atoms with Crippen molar-refractivity contribution in [1.29, 1.82) is 0 Å². The quantitative estimate of drug-likeness (QED) is 0.789. The van der Waals surface area contributed by atoms with E-state index in [9.17, 15) is 13.2 Å². The van der Waals surface area contributed by atoms with Crippen LogP contribution in [0.25, 0.3) is 0 Å². The van der Waals surface area contributed by atoms with Crippen LogP contribution in [0.4, 0.5) is 0 Å². The summed E-state index contributed by atoms with van der Waals surface area (Å²) in [6.07, 6.45) is 0. The Balaban J connectivity index is 2.00. The third-order valence-electron chi connectivity index (χ3n) is 4.47. The van der Waals surface area contributed by atoms with Crippen molar-refractivity contribution in [3.63, 3.8) is 0 Å². The molecular weight excluding hydrogens is 336 g/mol. The molecule has 3 unspecified atom stereocenters. The zero-order valence-corrected chi connectivity index (χ0v) is 15.6. The average molecular weight is 358 g/mol. The maximum Gasteiger partial charge on any atom is 0.244 e. The number of carbonyl (C=O) groups excluding carboxylic acids is 1. The third-order valence-corrected chi connectivity index (χ3v) is 6.34. The van der Waals surface area contributed by atoms with Gasteiger partial charge in [-0.2, -0.15) is 4.31 Å². The first-order valence-corrected chi connectivity index (χ1v) is 9.55. The number of hydrogen-bond acceptors (Lipinski definition) is 3. The van der Waals surface area contributed by atoms with Gasteiger partial charge in [0.15, 0.2) is 0 Å². The highest BCUT2D eigenvalue weighted by Crippen LogP contribution is 2.48. The number of nitrogens with zero attached hydrogens (tertiary/aromatic N) is 2. The molecule has 1 fully saturated rings. The van der Waals surface area contributed by atoms with Gasteiger partial charge in [-0.05, 0) is 31.5 Å². The lowest BCUT2D eigenvalue weighted by atomic mass is 10.1. The Labute approximate surface area is 148 Å².